The van der Waals surface area contributed by atoms with Crippen LogP contribution in [0.1, 0.15) is 22.3 Å². The predicted octanol–water partition coefficient (Wildman–Crippen LogP) is 20.0. The highest BCUT2D eigenvalue weighted by Crippen LogP contribution is 2.50. The Morgan fingerprint density at radius 3 is 0.838 bits per heavy atom. The predicted molar refractivity (Wildman–Crippen MR) is 300 cm³/mol. The number of anilines is 6. The van der Waals surface area contributed by atoms with Gasteiger partial charge in [0.25, 0.3) is 0 Å². The summed E-state index contributed by atoms with van der Waals surface area (Å²) in [5.74, 6) is -2.81. The maximum Gasteiger partial charge on any atom is 0.128 e. The van der Waals surface area contributed by atoms with Gasteiger partial charge in [-0.2, -0.15) is 0 Å². The molecule has 0 unspecified atom stereocenters. The molecule has 6 heteroatoms. The summed E-state index contributed by atoms with van der Waals surface area (Å²) in [6, 6.07) is 69.4. The average Bonchev–Trinajstić information content (AvgIpc) is 3.39. The third-order valence-corrected chi connectivity index (χ3v) is 14.5. The van der Waals surface area contributed by atoms with Crippen molar-refractivity contribution >= 4 is 66.4 Å². The molecule has 0 aliphatic heterocycles. The lowest BCUT2D eigenvalue weighted by atomic mass is 9.90. The molecule has 0 fully saturated rings. The summed E-state index contributed by atoms with van der Waals surface area (Å²) in [6.07, 6.45) is 0. The SMILES string of the molecule is Cc1ccccc1-c1cc(-c2ccccc2C)cc(N(c2cc(F)cc(F)c2)c2ccc3ccc4c(N(c5cc(F)cc(F)c5)c5cc(-c6ccccc6C)cc(-c6ccccc6C)c5)ccc5ccc2c3c54)c1. The molecule has 0 aromatic heterocycles. The van der Waals surface area contributed by atoms with Gasteiger partial charge in [0.15, 0.2) is 0 Å². The highest BCUT2D eigenvalue weighted by molar-refractivity contribution is 6.28. The van der Waals surface area contributed by atoms with E-state index < -0.39 is 23.3 Å². The summed E-state index contributed by atoms with van der Waals surface area (Å²) in [5, 5.41) is 5.43. The Morgan fingerprint density at radius 1 is 0.270 bits per heavy atom. The molecule has 0 radical (unpaired) electrons. The maximum atomic E-state index is 15.7. The first-order valence-electron chi connectivity index (χ1n) is 24.7. The molecule has 0 amide bonds. The van der Waals surface area contributed by atoms with Crippen LogP contribution in [0.5, 0.6) is 0 Å². The van der Waals surface area contributed by atoms with Gasteiger partial charge in [0.2, 0.25) is 0 Å². The minimum atomic E-state index is -0.701. The van der Waals surface area contributed by atoms with Crippen molar-refractivity contribution in [2.24, 2.45) is 0 Å². The lowest BCUT2D eigenvalue weighted by molar-refractivity contribution is 0.583. The third kappa shape index (κ3) is 8.28. The molecule has 12 aromatic rings. The van der Waals surface area contributed by atoms with Crippen molar-refractivity contribution < 1.29 is 17.6 Å². The lowest BCUT2D eigenvalue weighted by Crippen LogP contribution is -2.13. The molecule has 0 saturated heterocycles. The van der Waals surface area contributed by atoms with Gasteiger partial charge < -0.3 is 9.80 Å². The van der Waals surface area contributed by atoms with Crippen LogP contribution in [0.2, 0.25) is 0 Å². The Morgan fingerprint density at radius 2 is 0.541 bits per heavy atom. The van der Waals surface area contributed by atoms with Crippen LogP contribution < -0.4 is 9.80 Å². The van der Waals surface area contributed by atoms with Crippen molar-refractivity contribution in [3.8, 4) is 44.5 Å². The first-order chi connectivity index (χ1) is 35.9. The molecular formula is C68H48F4N2. The summed E-state index contributed by atoms with van der Waals surface area (Å²) in [4.78, 5) is 3.91. The number of halogens is 4. The molecule has 0 atom stereocenters. The Labute approximate surface area is 428 Å². The molecule has 12 rings (SSSR count). The maximum absolute atomic E-state index is 15.7. The zero-order valence-electron chi connectivity index (χ0n) is 41.2. The summed E-state index contributed by atoms with van der Waals surface area (Å²) in [6.45, 7) is 8.33. The molecule has 2 nitrogen and oxygen atoms in total. The van der Waals surface area contributed by atoms with Gasteiger partial charge in [-0.3, -0.25) is 0 Å². The number of benzene rings is 12. The van der Waals surface area contributed by atoms with E-state index in [1.54, 1.807) is 0 Å². The van der Waals surface area contributed by atoms with Crippen molar-refractivity contribution in [2.45, 2.75) is 27.7 Å². The fourth-order valence-corrected chi connectivity index (χ4v) is 11.0. The van der Waals surface area contributed by atoms with E-state index in [-0.39, 0.29) is 0 Å². The van der Waals surface area contributed by atoms with E-state index in [9.17, 15) is 0 Å². The van der Waals surface area contributed by atoms with Crippen molar-refractivity contribution in [3.05, 3.63) is 264 Å². The van der Waals surface area contributed by atoms with Crippen LogP contribution in [0.25, 0.3) is 76.8 Å². The molecule has 0 spiro atoms. The van der Waals surface area contributed by atoms with Crippen LogP contribution in [0.4, 0.5) is 51.7 Å². The van der Waals surface area contributed by atoms with Crippen molar-refractivity contribution in [1.29, 1.82) is 0 Å². The fourth-order valence-electron chi connectivity index (χ4n) is 11.0. The Bertz CT molecular complexity index is 3720. The monoisotopic (exact) mass is 968 g/mol. The number of hydrogen-bond donors (Lipinski definition) is 0. The van der Waals surface area contributed by atoms with Crippen LogP contribution in [0, 0.1) is 51.0 Å². The highest BCUT2D eigenvalue weighted by Gasteiger charge is 2.25. The van der Waals surface area contributed by atoms with Crippen LogP contribution >= 0.6 is 0 Å². The first kappa shape index (κ1) is 46.1. The number of hydrogen-bond acceptors (Lipinski definition) is 2. The zero-order chi connectivity index (χ0) is 50.8. The molecule has 0 N–H and O–H groups in total. The molecule has 0 aliphatic rings. The van der Waals surface area contributed by atoms with E-state index in [1.165, 1.54) is 24.3 Å². The van der Waals surface area contributed by atoms with Gasteiger partial charge in [-0.25, -0.2) is 17.6 Å². The Hall–Kier alpha value is -9.00. The van der Waals surface area contributed by atoms with Gasteiger partial charge in [0.05, 0.1) is 22.7 Å². The van der Waals surface area contributed by atoms with Crippen molar-refractivity contribution in [3.63, 3.8) is 0 Å². The molecule has 12 aromatic carbocycles. The molecule has 0 aliphatic carbocycles. The summed E-state index contributed by atoms with van der Waals surface area (Å²) >= 11 is 0. The normalized spacial score (nSPS) is 11.5. The topological polar surface area (TPSA) is 6.48 Å². The van der Waals surface area contributed by atoms with E-state index in [4.69, 9.17) is 0 Å². The summed E-state index contributed by atoms with van der Waals surface area (Å²) in [5.41, 5.74) is 15.8. The van der Waals surface area contributed by atoms with Gasteiger partial charge in [0.1, 0.15) is 23.3 Å². The van der Waals surface area contributed by atoms with Crippen LogP contribution in [0.3, 0.4) is 0 Å². The largest absolute Gasteiger partial charge is 0.310 e. The second kappa shape index (κ2) is 18.6. The van der Waals surface area contributed by atoms with Gasteiger partial charge in [-0.15, -0.1) is 0 Å². The van der Waals surface area contributed by atoms with E-state index in [0.717, 1.165) is 111 Å². The first-order valence-corrected chi connectivity index (χ1v) is 24.7. The summed E-state index contributed by atoms with van der Waals surface area (Å²) in [7, 11) is 0. The van der Waals surface area contributed by atoms with Gasteiger partial charge in [-0.05, 0) is 189 Å². The minimum absolute atomic E-state index is 0.313. The van der Waals surface area contributed by atoms with Crippen molar-refractivity contribution in [2.75, 3.05) is 9.80 Å². The van der Waals surface area contributed by atoms with Gasteiger partial charge in [0, 0.05) is 34.3 Å². The quantitative estimate of drug-likeness (QED) is 0.0995. The van der Waals surface area contributed by atoms with Gasteiger partial charge in [-0.1, -0.05) is 133 Å². The van der Waals surface area contributed by atoms with E-state index in [0.29, 0.717) is 34.1 Å². The Kier molecular flexibility index (Phi) is 11.6. The third-order valence-electron chi connectivity index (χ3n) is 14.5. The van der Waals surface area contributed by atoms with E-state index in [1.807, 2.05) is 70.5 Å². The van der Waals surface area contributed by atoms with Crippen LogP contribution in [-0.2, 0) is 0 Å². The molecule has 358 valence electrons. The fraction of sp³-hybridized carbons (Fsp3) is 0.0588. The molecule has 0 saturated carbocycles. The zero-order valence-corrected chi connectivity index (χ0v) is 41.2. The number of rotatable bonds is 10. The van der Waals surface area contributed by atoms with Crippen molar-refractivity contribution in [1.82, 2.24) is 0 Å². The standard InChI is InChI=1S/C68H48F4N2/c1-41-13-5-9-17-59(41)47-29-48(60-18-10-6-14-42(60)2)32-55(31-47)73(57-37-51(69)35-52(70)38-57)65-27-23-45-22-26-64-66(28-24-46-21-25-63(65)67(45)68(46)64)74(58-39-53(71)36-54(72)40-58)56-33-49(61-19-11-7-15-43(61)3)30-50(34-56)62-20-12-8-16-44(62)4/h5-40H,1-4H3. The molecular weight excluding hydrogens is 921 g/mol. The number of aryl methyl sites for hydroxylation is 4. The molecule has 0 heterocycles. The smallest absolute Gasteiger partial charge is 0.128 e. The van der Waals surface area contributed by atoms with Crippen LogP contribution in [-0.4, -0.2) is 0 Å². The number of nitrogens with zero attached hydrogens (tertiary/aromatic N) is 2. The van der Waals surface area contributed by atoms with Crippen LogP contribution in [0.15, 0.2) is 218 Å². The van der Waals surface area contributed by atoms with E-state index >= 15 is 17.6 Å². The second-order valence-corrected chi connectivity index (χ2v) is 19.3. The van der Waals surface area contributed by atoms with E-state index in [2.05, 4.69) is 149 Å². The highest BCUT2D eigenvalue weighted by atomic mass is 19.1. The minimum Gasteiger partial charge on any atom is -0.310 e. The molecule has 0 bridgehead atoms. The summed E-state index contributed by atoms with van der Waals surface area (Å²) < 4.78 is 62.7. The Balaban J connectivity index is 1.13. The molecule has 74 heavy (non-hydrogen) atoms. The lowest BCUT2D eigenvalue weighted by Gasteiger charge is -2.30. The second-order valence-electron chi connectivity index (χ2n) is 19.3. The average molecular weight is 969 g/mol. The van der Waals surface area contributed by atoms with Gasteiger partial charge >= 0.3 is 0 Å².